The summed E-state index contributed by atoms with van der Waals surface area (Å²) in [6.45, 7) is 3.26. The molecule has 6 nitrogen and oxygen atoms in total. The Balaban J connectivity index is 1.76. The first-order chi connectivity index (χ1) is 11.3. The number of aryl methyl sites for hydroxylation is 1. The van der Waals surface area contributed by atoms with Gasteiger partial charge in [0.25, 0.3) is 0 Å². The predicted octanol–water partition coefficient (Wildman–Crippen LogP) is 1.44. The van der Waals surface area contributed by atoms with Gasteiger partial charge in [0.1, 0.15) is 0 Å². The zero-order chi connectivity index (χ0) is 17.5. The van der Waals surface area contributed by atoms with Crippen LogP contribution >= 0.6 is 0 Å². The molecule has 0 aromatic heterocycles. The molecule has 1 saturated heterocycles. The van der Waals surface area contributed by atoms with Gasteiger partial charge in [-0.2, -0.15) is 0 Å². The second-order valence-corrected chi connectivity index (χ2v) is 8.78. The summed E-state index contributed by atoms with van der Waals surface area (Å²) < 4.78 is 24.6. The van der Waals surface area contributed by atoms with Gasteiger partial charge in [-0.15, -0.1) is 0 Å². The van der Waals surface area contributed by atoms with Crippen LogP contribution in [0.1, 0.15) is 36.5 Å². The third-order valence-electron chi connectivity index (χ3n) is 5.00. The van der Waals surface area contributed by atoms with Gasteiger partial charge in [-0.25, -0.2) is 12.7 Å². The Morgan fingerprint density at radius 2 is 1.83 bits per heavy atom. The van der Waals surface area contributed by atoms with E-state index in [9.17, 15) is 18.3 Å². The molecule has 7 heteroatoms. The molecule has 132 valence electrons. The molecule has 1 atom stereocenters. The molecule has 0 radical (unpaired) electrons. The van der Waals surface area contributed by atoms with Crippen LogP contribution in [0.25, 0.3) is 0 Å². The van der Waals surface area contributed by atoms with Gasteiger partial charge in [0.05, 0.1) is 12.4 Å². The van der Waals surface area contributed by atoms with E-state index in [2.05, 4.69) is 0 Å². The van der Waals surface area contributed by atoms with Crippen LogP contribution in [0.4, 0.5) is 5.69 Å². The third-order valence-corrected chi connectivity index (χ3v) is 6.30. The van der Waals surface area contributed by atoms with Crippen molar-refractivity contribution in [1.29, 1.82) is 0 Å². The molecule has 0 aliphatic carbocycles. The Bertz CT molecular complexity index is 739. The van der Waals surface area contributed by atoms with Crippen LogP contribution in [0.2, 0.25) is 0 Å². The molecule has 0 spiro atoms. The van der Waals surface area contributed by atoms with Gasteiger partial charge in [-0.05, 0) is 32.3 Å². The minimum atomic E-state index is -3.19. The Labute approximate surface area is 143 Å². The standard InChI is InChI=1S/C17H24N2O4S/c1-12-3-4-15-14(11-12)16(20)7-10-19(15)17(21)13-5-8-18(9-6-13)24(2,22)23/h3-4,11,13,16,20H,5-10H2,1-2H3. The zero-order valence-corrected chi connectivity index (χ0v) is 14.9. The summed E-state index contributed by atoms with van der Waals surface area (Å²) in [5.74, 6) is -0.118. The largest absolute Gasteiger partial charge is 0.388 e. The van der Waals surface area contributed by atoms with E-state index in [1.54, 1.807) is 4.90 Å². The molecule has 1 unspecified atom stereocenters. The van der Waals surface area contributed by atoms with Gasteiger partial charge in [-0.3, -0.25) is 4.79 Å². The van der Waals surface area contributed by atoms with E-state index >= 15 is 0 Å². The lowest BCUT2D eigenvalue weighted by Crippen LogP contribution is -2.45. The molecule has 24 heavy (non-hydrogen) atoms. The van der Waals surface area contributed by atoms with Crippen molar-refractivity contribution in [3.05, 3.63) is 29.3 Å². The number of hydrogen-bond donors (Lipinski definition) is 1. The summed E-state index contributed by atoms with van der Waals surface area (Å²) in [5.41, 5.74) is 2.65. The van der Waals surface area contributed by atoms with Crippen molar-refractivity contribution in [2.75, 3.05) is 30.8 Å². The summed E-state index contributed by atoms with van der Waals surface area (Å²) in [5, 5.41) is 10.2. The summed E-state index contributed by atoms with van der Waals surface area (Å²) in [6.07, 6.45) is 2.30. The van der Waals surface area contributed by atoms with Crippen LogP contribution < -0.4 is 4.90 Å². The summed E-state index contributed by atoms with van der Waals surface area (Å²) >= 11 is 0. The molecule has 1 fully saturated rings. The average molecular weight is 352 g/mol. The van der Waals surface area contributed by atoms with E-state index in [4.69, 9.17) is 0 Å². The molecule has 3 rings (SSSR count). The molecular weight excluding hydrogens is 328 g/mol. The first-order valence-electron chi connectivity index (χ1n) is 8.32. The normalized spacial score (nSPS) is 23.1. The maximum atomic E-state index is 12.9. The van der Waals surface area contributed by atoms with Crippen molar-refractivity contribution in [3.63, 3.8) is 0 Å². The van der Waals surface area contributed by atoms with Crippen molar-refractivity contribution in [2.24, 2.45) is 5.92 Å². The van der Waals surface area contributed by atoms with E-state index < -0.39 is 16.1 Å². The van der Waals surface area contributed by atoms with Crippen LogP contribution in [-0.2, 0) is 14.8 Å². The number of carbonyl (C=O) groups is 1. The lowest BCUT2D eigenvalue weighted by atomic mass is 9.92. The highest BCUT2D eigenvalue weighted by Crippen LogP contribution is 2.36. The first-order valence-corrected chi connectivity index (χ1v) is 10.2. The monoisotopic (exact) mass is 352 g/mol. The molecule has 1 aromatic rings. The average Bonchev–Trinajstić information content (AvgIpc) is 2.54. The zero-order valence-electron chi connectivity index (χ0n) is 14.1. The molecule has 2 aliphatic heterocycles. The van der Waals surface area contributed by atoms with Crippen LogP contribution in [0, 0.1) is 12.8 Å². The summed E-state index contributed by atoms with van der Waals surface area (Å²) in [7, 11) is -3.19. The first kappa shape index (κ1) is 17.4. The van der Waals surface area contributed by atoms with Crippen molar-refractivity contribution in [2.45, 2.75) is 32.3 Å². The lowest BCUT2D eigenvalue weighted by Gasteiger charge is -2.37. The molecular formula is C17H24N2O4S. The number of aliphatic hydroxyl groups is 1. The fourth-order valence-electron chi connectivity index (χ4n) is 3.60. The molecule has 2 heterocycles. The minimum absolute atomic E-state index is 0.0418. The van der Waals surface area contributed by atoms with Crippen LogP contribution in [-0.4, -0.2) is 49.6 Å². The second-order valence-electron chi connectivity index (χ2n) is 6.79. The van der Waals surface area contributed by atoms with Gasteiger partial charge < -0.3 is 10.0 Å². The van der Waals surface area contributed by atoms with Gasteiger partial charge in [0.2, 0.25) is 15.9 Å². The maximum absolute atomic E-state index is 12.9. The number of piperidine rings is 1. The Kier molecular flexibility index (Phi) is 4.68. The molecule has 1 aromatic carbocycles. The highest BCUT2D eigenvalue weighted by molar-refractivity contribution is 7.88. The number of fused-ring (bicyclic) bond motifs is 1. The number of hydrogen-bond acceptors (Lipinski definition) is 4. The quantitative estimate of drug-likeness (QED) is 0.874. The molecule has 0 bridgehead atoms. The smallest absolute Gasteiger partial charge is 0.230 e. The van der Waals surface area contributed by atoms with Crippen molar-refractivity contribution < 1.29 is 18.3 Å². The van der Waals surface area contributed by atoms with E-state index in [1.807, 2.05) is 25.1 Å². The van der Waals surface area contributed by atoms with Gasteiger partial charge >= 0.3 is 0 Å². The fourth-order valence-corrected chi connectivity index (χ4v) is 4.47. The van der Waals surface area contributed by atoms with Crippen molar-refractivity contribution in [1.82, 2.24) is 4.31 Å². The van der Waals surface area contributed by atoms with Crippen LogP contribution in [0.15, 0.2) is 18.2 Å². The van der Waals surface area contributed by atoms with E-state index in [-0.39, 0.29) is 11.8 Å². The Morgan fingerprint density at radius 1 is 1.17 bits per heavy atom. The lowest BCUT2D eigenvalue weighted by molar-refractivity contribution is -0.123. The number of sulfonamides is 1. The Morgan fingerprint density at radius 3 is 2.46 bits per heavy atom. The number of rotatable bonds is 2. The van der Waals surface area contributed by atoms with Gasteiger partial charge in [0, 0.05) is 36.8 Å². The van der Waals surface area contributed by atoms with Crippen LogP contribution in [0.3, 0.4) is 0 Å². The number of nitrogens with zero attached hydrogens (tertiary/aromatic N) is 2. The topological polar surface area (TPSA) is 77.9 Å². The van der Waals surface area contributed by atoms with E-state index in [0.29, 0.717) is 38.9 Å². The van der Waals surface area contributed by atoms with Crippen LogP contribution in [0.5, 0.6) is 0 Å². The number of amides is 1. The summed E-state index contributed by atoms with van der Waals surface area (Å²) in [6, 6.07) is 5.78. The predicted molar refractivity (Wildman–Crippen MR) is 92.2 cm³/mol. The number of carbonyl (C=O) groups excluding carboxylic acids is 1. The van der Waals surface area contributed by atoms with Gasteiger partial charge in [0.15, 0.2) is 0 Å². The highest BCUT2D eigenvalue weighted by Gasteiger charge is 2.34. The Hall–Kier alpha value is -1.44. The fraction of sp³-hybridized carbons (Fsp3) is 0.588. The van der Waals surface area contributed by atoms with E-state index in [0.717, 1.165) is 16.8 Å². The number of anilines is 1. The molecule has 1 N–H and O–H groups in total. The van der Waals surface area contributed by atoms with E-state index in [1.165, 1.54) is 10.6 Å². The van der Waals surface area contributed by atoms with Crippen molar-refractivity contribution in [3.8, 4) is 0 Å². The third kappa shape index (κ3) is 3.34. The molecule has 2 aliphatic rings. The molecule has 0 saturated carbocycles. The SMILES string of the molecule is Cc1ccc2c(c1)C(O)CCN2C(=O)C1CCN(S(C)(=O)=O)CC1. The second kappa shape index (κ2) is 6.46. The minimum Gasteiger partial charge on any atom is -0.388 e. The van der Waals surface area contributed by atoms with Crippen molar-refractivity contribution >= 4 is 21.6 Å². The van der Waals surface area contributed by atoms with Gasteiger partial charge in [-0.1, -0.05) is 17.7 Å². The maximum Gasteiger partial charge on any atom is 0.230 e. The summed E-state index contributed by atoms with van der Waals surface area (Å²) in [4.78, 5) is 14.7. The number of aliphatic hydroxyl groups excluding tert-OH is 1. The number of benzene rings is 1. The molecule has 1 amide bonds. The highest BCUT2D eigenvalue weighted by atomic mass is 32.2.